The lowest BCUT2D eigenvalue weighted by Crippen LogP contribution is -2.50. The number of nitrogens with zero attached hydrogens (tertiary/aromatic N) is 2. The van der Waals surface area contributed by atoms with E-state index in [0.29, 0.717) is 0 Å². The maximum Gasteiger partial charge on any atom is 0.319 e. The van der Waals surface area contributed by atoms with E-state index in [4.69, 9.17) is 0 Å². The van der Waals surface area contributed by atoms with E-state index in [0.717, 1.165) is 38.4 Å². The monoisotopic (exact) mass is 276 g/mol. The summed E-state index contributed by atoms with van der Waals surface area (Å²) in [6.45, 7) is 7.29. The number of amides is 2. The lowest BCUT2D eigenvalue weighted by Gasteiger charge is -2.34. The molecule has 110 valence electrons. The number of hydrogen-bond donors (Lipinski definition) is 2. The van der Waals surface area contributed by atoms with E-state index in [-0.39, 0.29) is 12.1 Å². The van der Waals surface area contributed by atoms with E-state index < -0.39 is 0 Å². The van der Waals surface area contributed by atoms with Gasteiger partial charge in [-0.2, -0.15) is 0 Å². The zero-order valence-electron chi connectivity index (χ0n) is 12.3. The van der Waals surface area contributed by atoms with E-state index in [9.17, 15) is 4.79 Å². The van der Waals surface area contributed by atoms with E-state index in [1.165, 1.54) is 0 Å². The van der Waals surface area contributed by atoms with Gasteiger partial charge in [0.05, 0.1) is 0 Å². The molecule has 1 atom stereocenters. The molecule has 2 amide bonds. The first-order valence-corrected chi connectivity index (χ1v) is 7.17. The fourth-order valence-electron chi connectivity index (χ4n) is 2.38. The lowest BCUT2D eigenvalue weighted by molar-refractivity contribution is 0.145. The first kappa shape index (κ1) is 14.8. The van der Waals surface area contributed by atoms with Crippen LogP contribution in [0, 0.1) is 0 Å². The summed E-state index contributed by atoms with van der Waals surface area (Å²) in [5, 5.41) is 5.82. The molecule has 1 aromatic carbocycles. The Morgan fingerprint density at radius 1 is 1.20 bits per heavy atom. The van der Waals surface area contributed by atoms with Crippen molar-refractivity contribution in [3.8, 4) is 0 Å². The SMILES string of the molecule is CC(CN1CCN(C)CC1)NC(=O)Nc1ccccc1. The van der Waals surface area contributed by atoms with Crippen molar-refractivity contribution in [3.05, 3.63) is 30.3 Å². The molecule has 1 saturated heterocycles. The number of likely N-dealkylation sites (N-methyl/N-ethyl adjacent to an activating group) is 1. The minimum atomic E-state index is -0.141. The summed E-state index contributed by atoms with van der Waals surface area (Å²) < 4.78 is 0. The number of anilines is 1. The molecule has 2 rings (SSSR count). The van der Waals surface area contributed by atoms with E-state index in [2.05, 4.69) is 27.5 Å². The van der Waals surface area contributed by atoms with Gasteiger partial charge in [-0.3, -0.25) is 4.90 Å². The number of urea groups is 1. The predicted octanol–water partition coefficient (Wildman–Crippen LogP) is 1.44. The second-order valence-corrected chi connectivity index (χ2v) is 5.47. The summed E-state index contributed by atoms with van der Waals surface area (Å²) in [6.07, 6.45) is 0. The molecule has 1 unspecified atom stereocenters. The van der Waals surface area contributed by atoms with Crippen LogP contribution in [0.5, 0.6) is 0 Å². The van der Waals surface area contributed by atoms with Crippen LogP contribution < -0.4 is 10.6 Å². The molecular weight excluding hydrogens is 252 g/mol. The highest BCUT2D eigenvalue weighted by atomic mass is 16.2. The van der Waals surface area contributed by atoms with Crippen LogP contribution in [0.1, 0.15) is 6.92 Å². The summed E-state index contributed by atoms with van der Waals surface area (Å²) in [5.74, 6) is 0. The second kappa shape index (κ2) is 7.26. The molecule has 0 saturated carbocycles. The van der Waals surface area contributed by atoms with Gasteiger partial charge in [0.1, 0.15) is 0 Å². The second-order valence-electron chi connectivity index (χ2n) is 5.47. The van der Waals surface area contributed by atoms with Gasteiger partial charge in [0, 0.05) is 44.5 Å². The molecule has 20 heavy (non-hydrogen) atoms. The zero-order chi connectivity index (χ0) is 14.4. The number of benzene rings is 1. The number of carbonyl (C=O) groups excluding carboxylic acids is 1. The maximum atomic E-state index is 11.9. The largest absolute Gasteiger partial charge is 0.334 e. The third-order valence-corrected chi connectivity index (χ3v) is 3.54. The first-order valence-electron chi connectivity index (χ1n) is 7.17. The van der Waals surface area contributed by atoms with E-state index in [1.54, 1.807) is 0 Å². The summed E-state index contributed by atoms with van der Waals surface area (Å²) in [4.78, 5) is 16.6. The van der Waals surface area contributed by atoms with Crippen LogP contribution in [0.4, 0.5) is 10.5 Å². The van der Waals surface area contributed by atoms with Gasteiger partial charge in [-0.25, -0.2) is 4.79 Å². The summed E-state index contributed by atoms with van der Waals surface area (Å²) in [6, 6.07) is 9.50. The molecule has 0 radical (unpaired) electrons. The van der Waals surface area contributed by atoms with Crippen molar-refractivity contribution in [2.24, 2.45) is 0 Å². The molecule has 2 N–H and O–H groups in total. The summed E-state index contributed by atoms with van der Waals surface area (Å²) in [7, 11) is 2.15. The van der Waals surface area contributed by atoms with Crippen LogP contribution in [-0.2, 0) is 0 Å². The number of carbonyl (C=O) groups is 1. The van der Waals surface area contributed by atoms with Crippen molar-refractivity contribution in [2.45, 2.75) is 13.0 Å². The molecule has 0 aliphatic carbocycles. The Bertz CT molecular complexity index is 415. The Morgan fingerprint density at radius 3 is 2.50 bits per heavy atom. The number of para-hydroxylation sites is 1. The molecular formula is C15H24N4O. The van der Waals surface area contributed by atoms with Gasteiger partial charge in [-0.15, -0.1) is 0 Å². The van der Waals surface area contributed by atoms with Crippen molar-refractivity contribution >= 4 is 11.7 Å². The van der Waals surface area contributed by atoms with E-state index >= 15 is 0 Å². The predicted molar refractivity (Wildman–Crippen MR) is 82.0 cm³/mol. The highest BCUT2D eigenvalue weighted by molar-refractivity contribution is 5.89. The van der Waals surface area contributed by atoms with Crippen molar-refractivity contribution in [2.75, 3.05) is 45.1 Å². The molecule has 1 heterocycles. The third-order valence-electron chi connectivity index (χ3n) is 3.54. The Balaban J connectivity index is 1.71. The Kier molecular flexibility index (Phi) is 5.38. The number of nitrogens with one attached hydrogen (secondary N) is 2. The highest BCUT2D eigenvalue weighted by Crippen LogP contribution is 2.05. The molecule has 0 aromatic heterocycles. The van der Waals surface area contributed by atoms with E-state index in [1.807, 2.05) is 37.3 Å². The van der Waals surface area contributed by atoms with Crippen LogP contribution in [0.2, 0.25) is 0 Å². The summed E-state index contributed by atoms with van der Waals surface area (Å²) >= 11 is 0. The average Bonchev–Trinajstić information content (AvgIpc) is 2.42. The quantitative estimate of drug-likeness (QED) is 0.875. The fraction of sp³-hybridized carbons (Fsp3) is 0.533. The Hall–Kier alpha value is -1.59. The van der Waals surface area contributed by atoms with Crippen LogP contribution in [0.3, 0.4) is 0 Å². The van der Waals surface area contributed by atoms with Gasteiger partial charge in [-0.05, 0) is 26.1 Å². The third kappa shape index (κ3) is 4.83. The zero-order valence-corrected chi connectivity index (χ0v) is 12.3. The lowest BCUT2D eigenvalue weighted by atomic mass is 10.2. The normalized spacial score (nSPS) is 18.5. The highest BCUT2D eigenvalue weighted by Gasteiger charge is 2.16. The first-order chi connectivity index (χ1) is 9.63. The van der Waals surface area contributed by atoms with Crippen LogP contribution in [0.15, 0.2) is 30.3 Å². The topological polar surface area (TPSA) is 47.6 Å². The van der Waals surface area contributed by atoms with Crippen LogP contribution in [0.25, 0.3) is 0 Å². The minimum absolute atomic E-state index is 0.141. The molecule has 5 heteroatoms. The van der Waals surface area contributed by atoms with Crippen molar-refractivity contribution in [1.82, 2.24) is 15.1 Å². The maximum absolute atomic E-state index is 11.9. The van der Waals surface area contributed by atoms with Crippen LogP contribution in [-0.4, -0.2) is 61.6 Å². The molecule has 5 nitrogen and oxygen atoms in total. The van der Waals surface area contributed by atoms with Gasteiger partial charge in [-0.1, -0.05) is 18.2 Å². The summed E-state index contributed by atoms with van der Waals surface area (Å²) in [5.41, 5.74) is 0.816. The minimum Gasteiger partial charge on any atom is -0.334 e. The van der Waals surface area contributed by atoms with Gasteiger partial charge < -0.3 is 15.5 Å². The standard InChI is InChI=1S/C15H24N4O/c1-13(12-19-10-8-18(2)9-11-19)16-15(20)17-14-6-4-3-5-7-14/h3-7,13H,8-12H2,1-2H3,(H2,16,17,20). The molecule has 1 aromatic rings. The van der Waals surface area contributed by atoms with Gasteiger partial charge in [0.15, 0.2) is 0 Å². The number of piperazine rings is 1. The molecule has 0 bridgehead atoms. The van der Waals surface area contributed by atoms with Crippen molar-refractivity contribution in [1.29, 1.82) is 0 Å². The van der Waals surface area contributed by atoms with Gasteiger partial charge >= 0.3 is 6.03 Å². The Morgan fingerprint density at radius 2 is 1.85 bits per heavy atom. The molecule has 1 aliphatic heterocycles. The van der Waals surface area contributed by atoms with Crippen molar-refractivity contribution < 1.29 is 4.79 Å². The Labute approximate surface area is 120 Å². The molecule has 1 aliphatic rings. The van der Waals surface area contributed by atoms with Gasteiger partial charge in [0.2, 0.25) is 0 Å². The average molecular weight is 276 g/mol. The molecule has 0 spiro atoms. The molecule has 1 fully saturated rings. The smallest absolute Gasteiger partial charge is 0.319 e. The van der Waals surface area contributed by atoms with Gasteiger partial charge in [0.25, 0.3) is 0 Å². The fourth-order valence-corrected chi connectivity index (χ4v) is 2.38. The number of rotatable bonds is 4. The van der Waals surface area contributed by atoms with Crippen molar-refractivity contribution in [3.63, 3.8) is 0 Å². The van der Waals surface area contributed by atoms with Crippen LogP contribution >= 0.6 is 0 Å². The number of hydrogen-bond acceptors (Lipinski definition) is 3.